The molecule has 94 valence electrons. The van der Waals surface area contributed by atoms with Gasteiger partial charge in [-0.3, -0.25) is 4.79 Å². The molecular weight excluding hydrogens is 294 g/mol. The molecule has 1 aromatic heterocycles. The van der Waals surface area contributed by atoms with Crippen molar-refractivity contribution in [3.05, 3.63) is 29.6 Å². The van der Waals surface area contributed by atoms with Crippen molar-refractivity contribution < 1.29 is 4.79 Å². The van der Waals surface area contributed by atoms with Crippen molar-refractivity contribution in [1.82, 2.24) is 9.88 Å². The van der Waals surface area contributed by atoms with E-state index in [9.17, 15) is 4.79 Å². The highest BCUT2D eigenvalue weighted by molar-refractivity contribution is 9.09. The third kappa shape index (κ3) is 2.70. The number of pyridine rings is 1. The average molecular weight is 308 g/mol. The van der Waals surface area contributed by atoms with Crippen molar-refractivity contribution in [2.45, 2.75) is 18.2 Å². The molecule has 5 heteroatoms. The molecule has 2 unspecified atom stereocenters. The first kappa shape index (κ1) is 13.0. The van der Waals surface area contributed by atoms with Gasteiger partial charge in [0.1, 0.15) is 11.8 Å². The van der Waals surface area contributed by atoms with Crippen molar-refractivity contribution in [1.29, 1.82) is 5.26 Å². The summed E-state index contributed by atoms with van der Waals surface area (Å²) in [4.78, 5) is 18.6. The van der Waals surface area contributed by atoms with Gasteiger partial charge in [0.05, 0.1) is 5.56 Å². The van der Waals surface area contributed by atoms with Crippen LogP contribution in [0.25, 0.3) is 0 Å². The lowest BCUT2D eigenvalue weighted by Gasteiger charge is -2.34. The van der Waals surface area contributed by atoms with Gasteiger partial charge in [-0.2, -0.15) is 5.26 Å². The maximum absolute atomic E-state index is 12.2. The van der Waals surface area contributed by atoms with Gasteiger partial charge in [-0.15, -0.1) is 0 Å². The highest BCUT2D eigenvalue weighted by atomic mass is 79.9. The minimum Gasteiger partial charge on any atom is -0.337 e. The third-order valence-corrected chi connectivity index (χ3v) is 4.56. The summed E-state index contributed by atoms with van der Waals surface area (Å²) in [5, 5.41) is 8.69. The molecule has 0 aromatic carbocycles. The fraction of sp³-hybridized carbons (Fsp3) is 0.462. The molecule has 1 amide bonds. The first-order valence-electron chi connectivity index (χ1n) is 5.91. The number of carbonyl (C=O) groups is 1. The Bertz CT molecular complexity index is 480. The molecule has 0 bridgehead atoms. The van der Waals surface area contributed by atoms with E-state index in [1.54, 1.807) is 12.1 Å². The molecule has 1 fully saturated rings. The molecule has 2 rings (SSSR count). The summed E-state index contributed by atoms with van der Waals surface area (Å²) in [7, 11) is 0. The van der Waals surface area contributed by atoms with Crippen molar-refractivity contribution >= 4 is 21.8 Å². The molecule has 1 saturated heterocycles. The van der Waals surface area contributed by atoms with E-state index in [2.05, 4.69) is 27.8 Å². The van der Waals surface area contributed by atoms with E-state index in [-0.39, 0.29) is 5.91 Å². The van der Waals surface area contributed by atoms with E-state index < -0.39 is 0 Å². The van der Waals surface area contributed by atoms with Crippen LogP contribution < -0.4 is 0 Å². The van der Waals surface area contributed by atoms with E-state index >= 15 is 0 Å². The lowest BCUT2D eigenvalue weighted by Crippen LogP contribution is -2.43. The minimum absolute atomic E-state index is 0.0502. The van der Waals surface area contributed by atoms with Crippen LogP contribution in [-0.4, -0.2) is 33.7 Å². The second-order valence-electron chi connectivity index (χ2n) is 4.58. The van der Waals surface area contributed by atoms with Gasteiger partial charge in [0.15, 0.2) is 0 Å². The maximum atomic E-state index is 12.2. The van der Waals surface area contributed by atoms with Gasteiger partial charge in [-0.05, 0) is 24.5 Å². The second kappa shape index (κ2) is 5.49. The van der Waals surface area contributed by atoms with E-state index in [4.69, 9.17) is 5.26 Å². The van der Waals surface area contributed by atoms with Gasteiger partial charge in [0, 0.05) is 24.1 Å². The molecule has 4 nitrogen and oxygen atoms in total. The van der Waals surface area contributed by atoms with Gasteiger partial charge in [0.2, 0.25) is 0 Å². The van der Waals surface area contributed by atoms with Crippen molar-refractivity contribution in [3.8, 4) is 6.07 Å². The Hall–Kier alpha value is -1.41. The van der Waals surface area contributed by atoms with Crippen LogP contribution in [-0.2, 0) is 0 Å². The number of amides is 1. The summed E-state index contributed by atoms with van der Waals surface area (Å²) in [6, 6.07) is 5.23. The number of likely N-dealkylation sites (tertiary alicyclic amines) is 1. The Morgan fingerprint density at radius 2 is 2.39 bits per heavy atom. The van der Waals surface area contributed by atoms with Crippen LogP contribution >= 0.6 is 15.9 Å². The largest absolute Gasteiger partial charge is 0.337 e. The number of nitrogens with zero attached hydrogens (tertiary/aromatic N) is 3. The topological polar surface area (TPSA) is 57.0 Å². The fourth-order valence-electron chi connectivity index (χ4n) is 2.05. The Morgan fingerprint density at radius 1 is 1.61 bits per heavy atom. The van der Waals surface area contributed by atoms with Crippen molar-refractivity contribution in [2.75, 3.05) is 13.1 Å². The number of piperidine rings is 1. The number of halogens is 1. The van der Waals surface area contributed by atoms with E-state index in [0.29, 0.717) is 22.0 Å². The summed E-state index contributed by atoms with van der Waals surface area (Å²) >= 11 is 3.62. The number of alkyl halides is 1. The highest BCUT2D eigenvalue weighted by Crippen LogP contribution is 2.24. The molecule has 0 saturated carbocycles. The van der Waals surface area contributed by atoms with Gasteiger partial charge in [-0.1, -0.05) is 22.9 Å². The predicted molar refractivity (Wildman–Crippen MR) is 71.4 cm³/mol. The number of carbonyl (C=O) groups excluding carboxylic acids is 1. The number of aromatic nitrogens is 1. The standard InChI is InChI=1S/C13H14BrN3O/c1-9-8-17(5-4-11(9)14)13(18)12-3-2-10(6-15)7-16-12/h2-3,7,9,11H,4-5,8H2,1H3. The number of hydrogen-bond donors (Lipinski definition) is 0. The van der Waals surface area contributed by atoms with Crippen LogP contribution in [0.4, 0.5) is 0 Å². The third-order valence-electron chi connectivity index (χ3n) is 3.20. The summed E-state index contributed by atoms with van der Waals surface area (Å²) in [6.07, 6.45) is 2.40. The van der Waals surface area contributed by atoms with Crippen LogP contribution in [0.2, 0.25) is 0 Å². The maximum Gasteiger partial charge on any atom is 0.272 e. The highest BCUT2D eigenvalue weighted by Gasteiger charge is 2.27. The number of rotatable bonds is 1. The smallest absolute Gasteiger partial charge is 0.272 e. The minimum atomic E-state index is -0.0502. The molecule has 1 aromatic rings. The molecule has 0 spiro atoms. The molecule has 18 heavy (non-hydrogen) atoms. The van der Waals surface area contributed by atoms with Gasteiger partial charge in [0.25, 0.3) is 5.91 Å². The Balaban J connectivity index is 2.09. The molecule has 2 heterocycles. The average Bonchev–Trinajstić information content (AvgIpc) is 2.41. The molecule has 1 aliphatic rings. The first-order chi connectivity index (χ1) is 8.61. The zero-order valence-corrected chi connectivity index (χ0v) is 11.7. The van der Waals surface area contributed by atoms with Crippen LogP contribution in [0, 0.1) is 17.2 Å². The Kier molecular flexibility index (Phi) is 3.97. The molecule has 0 aliphatic carbocycles. The molecule has 0 radical (unpaired) electrons. The summed E-state index contributed by atoms with van der Waals surface area (Å²) in [6.45, 7) is 3.63. The van der Waals surface area contributed by atoms with Crippen LogP contribution in [0.5, 0.6) is 0 Å². The second-order valence-corrected chi connectivity index (χ2v) is 5.75. The van der Waals surface area contributed by atoms with Crippen LogP contribution in [0.3, 0.4) is 0 Å². The normalized spacial score (nSPS) is 23.5. The summed E-state index contributed by atoms with van der Waals surface area (Å²) in [5.41, 5.74) is 0.883. The molecule has 2 atom stereocenters. The molecule has 0 N–H and O–H groups in total. The SMILES string of the molecule is CC1CN(C(=O)c2ccc(C#N)cn2)CCC1Br. The van der Waals surface area contributed by atoms with E-state index in [1.807, 2.05) is 11.0 Å². The molecular formula is C13H14BrN3O. The predicted octanol–water partition coefficient (Wildman–Crippen LogP) is 2.20. The zero-order valence-electron chi connectivity index (χ0n) is 10.1. The van der Waals surface area contributed by atoms with Gasteiger partial charge < -0.3 is 4.90 Å². The number of nitriles is 1. The number of hydrogen-bond acceptors (Lipinski definition) is 3. The van der Waals surface area contributed by atoms with Crippen LogP contribution in [0.15, 0.2) is 18.3 Å². The van der Waals surface area contributed by atoms with Gasteiger partial charge >= 0.3 is 0 Å². The summed E-state index contributed by atoms with van der Waals surface area (Å²) < 4.78 is 0. The quantitative estimate of drug-likeness (QED) is 0.747. The van der Waals surface area contributed by atoms with Gasteiger partial charge in [-0.25, -0.2) is 4.98 Å². The van der Waals surface area contributed by atoms with Crippen molar-refractivity contribution in [3.63, 3.8) is 0 Å². The summed E-state index contributed by atoms with van der Waals surface area (Å²) in [5.74, 6) is 0.395. The van der Waals surface area contributed by atoms with Crippen molar-refractivity contribution in [2.24, 2.45) is 5.92 Å². The lowest BCUT2D eigenvalue weighted by molar-refractivity contribution is 0.0684. The van der Waals surface area contributed by atoms with Crippen LogP contribution in [0.1, 0.15) is 29.4 Å². The Labute approximate surface area is 115 Å². The fourth-order valence-corrected chi connectivity index (χ4v) is 2.42. The molecule has 1 aliphatic heterocycles. The lowest BCUT2D eigenvalue weighted by atomic mass is 10.00. The first-order valence-corrected chi connectivity index (χ1v) is 6.83. The van der Waals surface area contributed by atoms with E-state index in [0.717, 1.165) is 19.5 Å². The Morgan fingerprint density at radius 3 is 2.94 bits per heavy atom. The zero-order chi connectivity index (χ0) is 13.1. The monoisotopic (exact) mass is 307 g/mol. The van der Waals surface area contributed by atoms with E-state index in [1.165, 1.54) is 6.20 Å².